The number of aromatic nitrogens is 2. The van der Waals surface area contributed by atoms with Crippen LogP contribution in [0.25, 0.3) is 10.9 Å². The number of ether oxygens (including phenoxy) is 3. The van der Waals surface area contributed by atoms with Gasteiger partial charge in [0.25, 0.3) is 0 Å². The first-order valence-corrected chi connectivity index (χ1v) is 5.51. The monoisotopic (exact) mass is 247 g/mol. The van der Waals surface area contributed by atoms with Crippen LogP contribution in [0.15, 0.2) is 12.4 Å². The Morgan fingerprint density at radius 2 is 2.11 bits per heavy atom. The van der Waals surface area contributed by atoms with Gasteiger partial charge in [-0.1, -0.05) is 0 Å². The van der Waals surface area contributed by atoms with Gasteiger partial charge in [0.1, 0.15) is 17.7 Å². The van der Waals surface area contributed by atoms with Gasteiger partial charge in [0.05, 0.1) is 12.5 Å². The van der Waals surface area contributed by atoms with Crippen molar-refractivity contribution in [3.63, 3.8) is 0 Å². The molecule has 18 heavy (non-hydrogen) atoms. The summed E-state index contributed by atoms with van der Waals surface area (Å²) in [5, 5.41) is 0.878. The summed E-state index contributed by atoms with van der Waals surface area (Å²) in [6.07, 6.45) is 1.52. The fraction of sp³-hybridized carbons (Fsp3) is 0.333. The van der Waals surface area contributed by atoms with E-state index in [1.807, 2.05) is 25.1 Å². The first-order chi connectivity index (χ1) is 8.72. The van der Waals surface area contributed by atoms with Gasteiger partial charge in [-0.15, -0.1) is 0 Å². The minimum atomic E-state index is 0.201. The van der Waals surface area contributed by atoms with Crippen LogP contribution in [0.3, 0.4) is 0 Å². The summed E-state index contributed by atoms with van der Waals surface area (Å²) in [4.78, 5) is 10.5. The van der Waals surface area contributed by atoms with E-state index in [-0.39, 0.29) is 6.79 Å². The summed E-state index contributed by atoms with van der Waals surface area (Å²) in [7, 11) is 5.45. The van der Waals surface area contributed by atoms with E-state index >= 15 is 0 Å². The highest BCUT2D eigenvalue weighted by Crippen LogP contribution is 2.46. The summed E-state index contributed by atoms with van der Waals surface area (Å²) in [6.45, 7) is 0.201. The van der Waals surface area contributed by atoms with Gasteiger partial charge in [-0.25, -0.2) is 9.97 Å². The number of hydrogen-bond donors (Lipinski definition) is 0. The molecule has 2 aromatic rings. The Labute approximate surface area is 104 Å². The Hall–Kier alpha value is -2.24. The van der Waals surface area contributed by atoms with Crippen LogP contribution < -0.4 is 19.1 Å². The van der Waals surface area contributed by atoms with Crippen LogP contribution in [-0.4, -0.2) is 38.0 Å². The zero-order valence-electron chi connectivity index (χ0n) is 10.4. The molecular weight excluding hydrogens is 234 g/mol. The Kier molecular flexibility index (Phi) is 2.36. The molecule has 0 spiro atoms. The number of hydrogen-bond acceptors (Lipinski definition) is 6. The lowest BCUT2D eigenvalue weighted by atomic mass is 10.2. The first kappa shape index (κ1) is 10.9. The third-order valence-electron chi connectivity index (χ3n) is 2.83. The van der Waals surface area contributed by atoms with Crippen molar-refractivity contribution in [1.82, 2.24) is 9.97 Å². The summed E-state index contributed by atoms with van der Waals surface area (Å²) in [5.41, 5.74) is 0.723. The van der Waals surface area contributed by atoms with Crippen molar-refractivity contribution in [2.45, 2.75) is 0 Å². The molecule has 6 heteroatoms. The van der Waals surface area contributed by atoms with Crippen LogP contribution in [0.1, 0.15) is 0 Å². The highest BCUT2D eigenvalue weighted by molar-refractivity contribution is 5.97. The first-order valence-electron chi connectivity index (χ1n) is 5.51. The van der Waals surface area contributed by atoms with Gasteiger partial charge >= 0.3 is 0 Å². The predicted octanol–water partition coefficient (Wildman–Crippen LogP) is 1.43. The van der Waals surface area contributed by atoms with Crippen molar-refractivity contribution < 1.29 is 14.2 Å². The number of rotatable bonds is 2. The van der Waals surface area contributed by atoms with E-state index in [0.717, 1.165) is 16.7 Å². The SMILES string of the molecule is COc1c2c(cc3c(N(C)C)ncnc13)OCO2. The molecule has 1 aliphatic rings. The lowest BCUT2D eigenvalue weighted by molar-refractivity contribution is 0.171. The van der Waals surface area contributed by atoms with E-state index in [9.17, 15) is 0 Å². The second kappa shape index (κ2) is 3.90. The molecule has 0 radical (unpaired) electrons. The highest BCUT2D eigenvalue weighted by Gasteiger charge is 2.24. The van der Waals surface area contributed by atoms with Crippen molar-refractivity contribution >= 4 is 16.7 Å². The lowest BCUT2D eigenvalue weighted by Crippen LogP contribution is -2.11. The molecule has 0 aliphatic carbocycles. The van der Waals surface area contributed by atoms with Gasteiger partial charge in [-0.3, -0.25) is 0 Å². The van der Waals surface area contributed by atoms with Crippen molar-refractivity contribution in [3.05, 3.63) is 12.4 Å². The van der Waals surface area contributed by atoms with Gasteiger partial charge < -0.3 is 19.1 Å². The molecule has 0 N–H and O–H groups in total. The lowest BCUT2D eigenvalue weighted by Gasteiger charge is -2.15. The highest BCUT2D eigenvalue weighted by atomic mass is 16.7. The van der Waals surface area contributed by atoms with E-state index in [2.05, 4.69) is 9.97 Å². The van der Waals surface area contributed by atoms with E-state index in [1.165, 1.54) is 6.33 Å². The molecule has 0 bridgehead atoms. The molecule has 1 aliphatic heterocycles. The quantitative estimate of drug-likeness (QED) is 0.800. The van der Waals surface area contributed by atoms with E-state index in [1.54, 1.807) is 7.11 Å². The fourth-order valence-corrected chi connectivity index (χ4v) is 2.06. The summed E-state index contributed by atoms with van der Waals surface area (Å²) < 4.78 is 16.2. The number of benzene rings is 1. The molecule has 0 amide bonds. The molecule has 3 rings (SSSR count). The van der Waals surface area contributed by atoms with Gasteiger partial charge in [-0.2, -0.15) is 0 Å². The smallest absolute Gasteiger partial charge is 0.231 e. The molecule has 0 atom stereocenters. The minimum absolute atomic E-state index is 0.201. The Bertz CT molecular complexity index is 613. The van der Waals surface area contributed by atoms with Crippen LogP contribution in [0.2, 0.25) is 0 Å². The number of anilines is 1. The average Bonchev–Trinajstić information content (AvgIpc) is 2.82. The average molecular weight is 247 g/mol. The number of nitrogens with zero attached hydrogens (tertiary/aromatic N) is 3. The van der Waals surface area contributed by atoms with E-state index in [0.29, 0.717) is 17.2 Å². The fourth-order valence-electron chi connectivity index (χ4n) is 2.06. The van der Waals surface area contributed by atoms with Gasteiger partial charge in [0, 0.05) is 14.1 Å². The molecule has 0 unspecified atom stereocenters. The minimum Gasteiger partial charge on any atom is -0.491 e. The van der Waals surface area contributed by atoms with Gasteiger partial charge in [0.2, 0.25) is 12.5 Å². The van der Waals surface area contributed by atoms with Crippen LogP contribution in [-0.2, 0) is 0 Å². The maximum absolute atomic E-state index is 5.41. The van der Waals surface area contributed by atoms with Crippen LogP contribution in [0.5, 0.6) is 17.2 Å². The van der Waals surface area contributed by atoms with Gasteiger partial charge in [0.15, 0.2) is 11.5 Å². The maximum atomic E-state index is 5.41. The van der Waals surface area contributed by atoms with Crippen molar-refractivity contribution in [3.8, 4) is 17.2 Å². The largest absolute Gasteiger partial charge is 0.491 e. The number of methoxy groups -OCH3 is 1. The zero-order valence-corrected chi connectivity index (χ0v) is 10.4. The Morgan fingerprint density at radius 1 is 1.28 bits per heavy atom. The molecule has 1 aromatic carbocycles. The molecule has 0 saturated carbocycles. The second-order valence-corrected chi connectivity index (χ2v) is 4.13. The van der Waals surface area contributed by atoms with E-state index in [4.69, 9.17) is 14.2 Å². The second-order valence-electron chi connectivity index (χ2n) is 4.13. The van der Waals surface area contributed by atoms with Gasteiger partial charge in [-0.05, 0) is 6.07 Å². The summed E-state index contributed by atoms with van der Waals surface area (Å²) in [6, 6.07) is 1.88. The molecule has 0 saturated heterocycles. The third-order valence-corrected chi connectivity index (χ3v) is 2.83. The van der Waals surface area contributed by atoms with Crippen molar-refractivity contribution in [1.29, 1.82) is 0 Å². The summed E-state index contributed by atoms with van der Waals surface area (Å²) >= 11 is 0. The van der Waals surface area contributed by atoms with Crippen LogP contribution in [0, 0.1) is 0 Å². The molecular formula is C12H13N3O3. The Morgan fingerprint density at radius 3 is 2.83 bits per heavy atom. The predicted molar refractivity (Wildman–Crippen MR) is 66.5 cm³/mol. The summed E-state index contributed by atoms with van der Waals surface area (Å²) in [5.74, 6) is 2.67. The molecule has 2 heterocycles. The van der Waals surface area contributed by atoms with E-state index < -0.39 is 0 Å². The number of fused-ring (bicyclic) bond motifs is 2. The standard InChI is InChI=1S/C12H13N3O3/c1-15(2)12-7-4-8-10(18-6-17-8)11(16-3)9(7)13-5-14-12/h4-5H,6H2,1-3H3. The van der Waals surface area contributed by atoms with Crippen molar-refractivity contribution in [2.75, 3.05) is 32.9 Å². The van der Waals surface area contributed by atoms with Crippen molar-refractivity contribution in [2.24, 2.45) is 0 Å². The molecule has 0 fully saturated rings. The topological polar surface area (TPSA) is 56.7 Å². The molecule has 6 nitrogen and oxygen atoms in total. The van der Waals surface area contributed by atoms with Crippen LogP contribution >= 0.6 is 0 Å². The zero-order chi connectivity index (χ0) is 12.7. The van der Waals surface area contributed by atoms with Crippen LogP contribution in [0.4, 0.5) is 5.82 Å². The maximum Gasteiger partial charge on any atom is 0.231 e. The molecule has 1 aromatic heterocycles. The normalized spacial score (nSPS) is 12.8. The third kappa shape index (κ3) is 1.42. The molecule has 94 valence electrons. The Balaban J connectivity index is 2.38.